The van der Waals surface area contributed by atoms with E-state index in [1.165, 1.54) is 0 Å². The maximum Gasteiger partial charge on any atom is 0.318 e. The van der Waals surface area contributed by atoms with Gasteiger partial charge in [0, 0.05) is 5.33 Å². The van der Waals surface area contributed by atoms with Crippen molar-refractivity contribution in [2.75, 3.05) is 5.33 Å². The maximum atomic E-state index is 9.85. The highest BCUT2D eigenvalue weighted by Crippen LogP contribution is 2.01. The van der Waals surface area contributed by atoms with Gasteiger partial charge in [-0.1, -0.05) is 31.9 Å². The Bertz CT molecular complexity index is 73.3. The van der Waals surface area contributed by atoms with Crippen LogP contribution in [0.15, 0.2) is 0 Å². The lowest BCUT2D eigenvalue weighted by atomic mass is 10.5. The summed E-state index contributed by atoms with van der Waals surface area (Å²) in [5, 5.41) is 8.55. The number of rotatable bonds is 2. The van der Waals surface area contributed by atoms with Gasteiger partial charge in [-0.15, -0.1) is 0 Å². The van der Waals surface area contributed by atoms with Crippen molar-refractivity contribution in [3.05, 3.63) is 0 Å². The summed E-state index contributed by atoms with van der Waals surface area (Å²) in [4.78, 5) is 9.40. The molecule has 0 saturated heterocycles. The fraction of sp³-hybridized carbons (Fsp3) is 0.667. The van der Waals surface area contributed by atoms with Crippen LogP contribution < -0.4 is 0 Å². The summed E-state index contributed by atoms with van der Waals surface area (Å²) in [6, 6.07) is 0. The fourth-order valence-electron chi connectivity index (χ4n) is 0.0660. The lowest BCUT2D eigenvalue weighted by Crippen LogP contribution is -2.12. The molecule has 0 aliphatic carbocycles. The molecule has 0 spiro atoms. The molecule has 0 bridgehead atoms. The van der Waals surface area contributed by atoms with E-state index >= 15 is 0 Å². The number of halogens is 2. The van der Waals surface area contributed by atoms with E-state index in [-0.39, 0.29) is 0 Å². The summed E-state index contributed by atoms with van der Waals surface area (Å²) in [6.07, 6.45) is 0. The van der Waals surface area contributed by atoms with E-state index < -0.39 is 10.8 Å². The summed E-state index contributed by atoms with van der Waals surface area (Å²) in [5.41, 5.74) is 0. The van der Waals surface area contributed by atoms with Crippen LogP contribution in [0.1, 0.15) is 0 Å². The smallest absolute Gasteiger partial charge is 0.318 e. The van der Waals surface area contributed by atoms with Crippen LogP contribution in [0.5, 0.6) is 0 Å². The van der Waals surface area contributed by atoms with Crippen molar-refractivity contribution in [2.45, 2.75) is 4.83 Å². The lowest BCUT2D eigenvalue weighted by molar-refractivity contribution is -0.135. The minimum absolute atomic E-state index is 0.447. The molecular weight excluding hydrogens is 228 g/mol. The number of carbonyl (C=O) groups is 1. The molecule has 0 amide bonds. The van der Waals surface area contributed by atoms with Crippen molar-refractivity contribution in [3.63, 3.8) is 0 Å². The topological polar surface area (TPSA) is 37.3 Å². The second-order valence-corrected chi connectivity index (χ2v) is 2.71. The number of hydrogen-bond donors (Lipinski definition) is 1. The van der Waals surface area contributed by atoms with Crippen LogP contribution in [0, 0.1) is 0 Å². The van der Waals surface area contributed by atoms with Gasteiger partial charge >= 0.3 is 5.97 Å². The Morgan fingerprint density at radius 1 is 1.86 bits per heavy atom. The van der Waals surface area contributed by atoms with Gasteiger partial charge in [0.2, 0.25) is 0 Å². The van der Waals surface area contributed by atoms with Crippen LogP contribution in [-0.2, 0) is 4.79 Å². The highest BCUT2D eigenvalue weighted by molar-refractivity contribution is 9.12. The standard InChI is InChI=1S/C3H4Br2O2/c4-1-2(5)3(6)7/h2H,1H2,(H,6,7). The van der Waals surface area contributed by atoms with Crippen LogP contribution in [0.25, 0.3) is 0 Å². The normalized spacial score (nSPS) is 13.4. The zero-order valence-corrected chi connectivity index (χ0v) is 6.57. The number of hydrogen-bond acceptors (Lipinski definition) is 1. The lowest BCUT2D eigenvalue weighted by Gasteiger charge is -1.93. The molecular formula is C3H4Br2O2. The van der Waals surface area contributed by atoms with Gasteiger partial charge in [0.25, 0.3) is 0 Å². The molecule has 7 heavy (non-hydrogen) atoms. The van der Waals surface area contributed by atoms with Gasteiger partial charge in [0.15, 0.2) is 0 Å². The molecule has 1 N–H and O–H groups in total. The highest BCUT2D eigenvalue weighted by Gasteiger charge is 2.08. The van der Waals surface area contributed by atoms with E-state index in [1.54, 1.807) is 0 Å². The van der Waals surface area contributed by atoms with Crippen molar-refractivity contribution in [1.29, 1.82) is 0 Å². The largest absolute Gasteiger partial charge is 0.480 e. The third kappa shape index (κ3) is 3.05. The fourth-order valence-corrected chi connectivity index (χ4v) is 0.343. The highest BCUT2D eigenvalue weighted by atomic mass is 79.9. The monoisotopic (exact) mass is 230 g/mol. The summed E-state index contributed by atoms with van der Waals surface area (Å²) in [5.74, 6) is -0.836. The Morgan fingerprint density at radius 3 is 2.29 bits per heavy atom. The summed E-state index contributed by atoms with van der Waals surface area (Å²) in [7, 11) is 0. The van der Waals surface area contributed by atoms with Crippen LogP contribution in [0.3, 0.4) is 0 Å². The molecule has 2 nitrogen and oxygen atoms in total. The minimum atomic E-state index is -0.836. The molecule has 1 unspecified atom stereocenters. The van der Waals surface area contributed by atoms with Gasteiger partial charge < -0.3 is 5.11 Å². The van der Waals surface area contributed by atoms with Crippen molar-refractivity contribution >= 4 is 37.8 Å². The molecule has 4 heteroatoms. The molecule has 0 saturated carbocycles. The van der Waals surface area contributed by atoms with E-state index in [1.807, 2.05) is 0 Å². The number of aliphatic carboxylic acids is 1. The third-order valence-corrected chi connectivity index (χ3v) is 2.64. The third-order valence-electron chi connectivity index (χ3n) is 0.403. The molecule has 0 aromatic heterocycles. The zero-order valence-electron chi connectivity index (χ0n) is 3.40. The molecule has 42 valence electrons. The summed E-state index contributed by atoms with van der Waals surface area (Å²) in [6.45, 7) is 0. The molecule has 0 radical (unpaired) electrons. The van der Waals surface area contributed by atoms with Gasteiger partial charge in [-0.05, 0) is 0 Å². The van der Waals surface area contributed by atoms with Gasteiger partial charge in [0.05, 0.1) is 0 Å². The molecule has 0 fully saturated rings. The number of alkyl halides is 2. The summed E-state index contributed by atoms with van der Waals surface area (Å²) < 4.78 is 0. The quantitative estimate of drug-likeness (QED) is 0.727. The molecule has 0 aromatic rings. The minimum Gasteiger partial charge on any atom is -0.480 e. The molecule has 0 aliphatic heterocycles. The number of carboxylic acid groups (broad SMARTS) is 1. The average molecular weight is 232 g/mol. The van der Waals surface area contributed by atoms with Gasteiger partial charge in [-0.3, -0.25) is 4.79 Å². The van der Waals surface area contributed by atoms with Crippen LogP contribution in [0.2, 0.25) is 0 Å². The average Bonchev–Trinajstić information content (AvgIpc) is 1.65. The van der Waals surface area contributed by atoms with Crippen molar-refractivity contribution in [3.8, 4) is 0 Å². The van der Waals surface area contributed by atoms with Crippen LogP contribution in [0.4, 0.5) is 0 Å². The first kappa shape index (κ1) is 7.43. The van der Waals surface area contributed by atoms with Crippen LogP contribution >= 0.6 is 31.9 Å². The predicted molar refractivity (Wildman–Crippen MR) is 34.1 cm³/mol. The zero-order chi connectivity index (χ0) is 5.86. The number of carboxylic acids is 1. The van der Waals surface area contributed by atoms with E-state index in [0.29, 0.717) is 5.33 Å². The molecule has 0 aromatic carbocycles. The second-order valence-electron chi connectivity index (χ2n) is 0.960. The predicted octanol–water partition coefficient (Wildman–Crippen LogP) is 1.23. The van der Waals surface area contributed by atoms with E-state index in [0.717, 1.165) is 0 Å². The second kappa shape index (κ2) is 3.43. The van der Waals surface area contributed by atoms with E-state index in [4.69, 9.17) is 5.11 Å². The molecule has 0 heterocycles. The van der Waals surface area contributed by atoms with Gasteiger partial charge in [0.1, 0.15) is 4.83 Å². The Labute approximate surface area is 58.2 Å². The molecule has 0 rings (SSSR count). The van der Waals surface area contributed by atoms with Crippen LogP contribution in [-0.4, -0.2) is 21.2 Å². The SMILES string of the molecule is O=C(O)C(Br)CBr. The first-order valence-electron chi connectivity index (χ1n) is 1.61. The molecule has 1 atom stereocenters. The first-order valence-corrected chi connectivity index (χ1v) is 3.65. The Hall–Kier alpha value is 0.430. The van der Waals surface area contributed by atoms with E-state index in [2.05, 4.69) is 31.9 Å². The Morgan fingerprint density at radius 2 is 2.29 bits per heavy atom. The summed E-state index contributed by atoms with van der Waals surface area (Å²) >= 11 is 5.88. The van der Waals surface area contributed by atoms with E-state index in [9.17, 15) is 4.79 Å². The first-order chi connectivity index (χ1) is 3.18. The molecule has 0 aliphatic rings. The Kier molecular flexibility index (Phi) is 3.65. The maximum absolute atomic E-state index is 9.85. The van der Waals surface area contributed by atoms with Gasteiger partial charge in [-0.25, -0.2) is 0 Å². The van der Waals surface area contributed by atoms with Crippen molar-refractivity contribution in [1.82, 2.24) is 0 Å². The van der Waals surface area contributed by atoms with Crippen molar-refractivity contribution < 1.29 is 9.90 Å². The van der Waals surface area contributed by atoms with Crippen molar-refractivity contribution in [2.24, 2.45) is 0 Å². The Balaban J connectivity index is 3.34. The van der Waals surface area contributed by atoms with Gasteiger partial charge in [-0.2, -0.15) is 0 Å².